The Bertz CT molecular complexity index is 580. The Morgan fingerprint density at radius 1 is 1.25 bits per heavy atom. The Kier molecular flexibility index (Phi) is 2.69. The standard InChI is InChI=1S/C13H19BN2O4/c1-12(2)13(3,4)20-14(19-12)10-5-15-6-11(16-10)18-9-7-17-8-9/h5-6,9H,7-8H2,1-4H3/i5D,6D. The molecule has 2 saturated heterocycles. The molecule has 0 aliphatic carbocycles. The number of nitrogens with zero attached hydrogens (tertiary/aromatic N) is 2. The molecule has 2 fully saturated rings. The maximum atomic E-state index is 7.94. The number of rotatable bonds is 3. The zero-order valence-electron chi connectivity index (χ0n) is 14.1. The molecular weight excluding hydrogens is 259 g/mol. The van der Waals surface area contributed by atoms with Gasteiger partial charge in [0.25, 0.3) is 0 Å². The molecule has 1 aromatic heterocycles. The molecular formula is C13H19BN2O4. The van der Waals surface area contributed by atoms with E-state index in [0.717, 1.165) is 0 Å². The van der Waals surface area contributed by atoms with Gasteiger partial charge in [-0.1, -0.05) is 0 Å². The molecule has 0 spiro atoms. The van der Waals surface area contributed by atoms with E-state index in [1.165, 1.54) is 0 Å². The van der Waals surface area contributed by atoms with Crippen LogP contribution in [0.25, 0.3) is 0 Å². The van der Waals surface area contributed by atoms with E-state index < -0.39 is 18.3 Å². The number of hydrogen-bond donors (Lipinski definition) is 0. The van der Waals surface area contributed by atoms with Crippen molar-refractivity contribution in [2.45, 2.75) is 45.0 Å². The molecule has 0 radical (unpaired) electrons. The summed E-state index contributed by atoms with van der Waals surface area (Å²) in [5.74, 6) is 0.0778. The normalized spacial score (nSPS) is 25.9. The van der Waals surface area contributed by atoms with Gasteiger partial charge in [0.15, 0.2) is 0 Å². The zero-order chi connectivity index (χ0) is 16.1. The molecule has 0 N–H and O–H groups in total. The molecule has 7 heteroatoms. The first-order valence-electron chi connectivity index (χ1n) is 7.65. The van der Waals surface area contributed by atoms with Crippen molar-refractivity contribution in [1.82, 2.24) is 9.97 Å². The Labute approximate surface area is 121 Å². The van der Waals surface area contributed by atoms with Crippen LogP contribution in [0.4, 0.5) is 0 Å². The first-order chi connectivity index (χ1) is 10.2. The third-order valence-electron chi connectivity index (χ3n) is 3.91. The fourth-order valence-electron chi connectivity index (χ4n) is 1.85. The molecule has 6 nitrogen and oxygen atoms in total. The smallest absolute Gasteiger partial charge is 0.468 e. The van der Waals surface area contributed by atoms with Gasteiger partial charge in [0, 0.05) is 6.17 Å². The van der Waals surface area contributed by atoms with E-state index >= 15 is 0 Å². The molecule has 2 aliphatic heterocycles. The van der Waals surface area contributed by atoms with Crippen LogP contribution < -0.4 is 10.3 Å². The minimum absolute atomic E-state index is 0.0778. The summed E-state index contributed by atoms with van der Waals surface area (Å²) in [5, 5.41) is 0. The van der Waals surface area contributed by atoms with Crippen LogP contribution in [0.3, 0.4) is 0 Å². The molecule has 20 heavy (non-hydrogen) atoms. The summed E-state index contributed by atoms with van der Waals surface area (Å²) >= 11 is 0. The highest BCUT2D eigenvalue weighted by atomic mass is 16.7. The topological polar surface area (TPSA) is 62.7 Å². The Hall–Kier alpha value is -1.18. The Morgan fingerprint density at radius 3 is 2.45 bits per heavy atom. The third kappa shape index (κ3) is 2.41. The van der Waals surface area contributed by atoms with Gasteiger partial charge in [-0.05, 0) is 27.7 Å². The highest BCUT2D eigenvalue weighted by Crippen LogP contribution is 2.36. The Balaban J connectivity index is 1.89. The van der Waals surface area contributed by atoms with E-state index in [4.69, 9.17) is 21.5 Å². The molecule has 3 heterocycles. The molecule has 2 aliphatic rings. The first-order valence-corrected chi connectivity index (χ1v) is 6.65. The van der Waals surface area contributed by atoms with Crippen LogP contribution in [0.1, 0.15) is 30.4 Å². The largest absolute Gasteiger partial charge is 0.516 e. The number of ether oxygens (including phenoxy) is 2. The summed E-state index contributed by atoms with van der Waals surface area (Å²) in [6, 6.07) is 0. The second-order valence-corrected chi connectivity index (χ2v) is 6.00. The fourth-order valence-corrected chi connectivity index (χ4v) is 1.85. The van der Waals surface area contributed by atoms with E-state index in [-0.39, 0.29) is 29.9 Å². The molecule has 0 amide bonds. The van der Waals surface area contributed by atoms with Crippen molar-refractivity contribution < 1.29 is 21.5 Å². The van der Waals surface area contributed by atoms with E-state index in [9.17, 15) is 0 Å². The van der Waals surface area contributed by atoms with Gasteiger partial charge in [-0.15, -0.1) is 0 Å². The molecule has 0 atom stereocenters. The van der Waals surface area contributed by atoms with Crippen molar-refractivity contribution in [1.29, 1.82) is 0 Å². The van der Waals surface area contributed by atoms with Crippen molar-refractivity contribution in [3.05, 3.63) is 12.3 Å². The van der Waals surface area contributed by atoms with Gasteiger partial charge in [-0.3, -0.25) is 4.98 Å². The van der Waals surface area contributed by atoms with Crippen LogP contribution in [0.5, 0.6) is 5.88 Å². The van der Waals surface area contributed by atoms with Crippen molar-refractivity contribution in [3.8, 4) is 5.88 Å². The number of aromatic nitrogens is 2. The maximum Gasteiger partial charge on any atom is 0.516 e. The molecule has 3 rings (SSSR count). The van der Waals surface area contributed by atoms with Gasteiger partial charge < -0.3 is 18.8 Å². The second kappa shape index (κ2) is 4.68. The molecule has 1 aromatic rings. The van der Waals surface area contributed by atoms with Crippen molar-refractivity contribution in [2.24, 2.45) is 0 Å². The van der Waals surface area contributed by atoms with Gasteiger partial charge >= 0.3 is 7.12 Å². The van der Waals surface area contributed by atoms with Crippen LogP contribution in [0.15, 0.2) is 12.3 Å². The summed E-state index contributed by atoms with van der Waals surface area (Å²) in [6.07, 6.45) is -0.431. The second-order valence-electron chi connectivity index (χ2n) is 6.00. The van der Waals surface area contributed by atoms with Crippen molar-refractivity contribution >= 4 is 12.7 Å². The summed E-state index contributed by atoms with van der Waals surface area (Å²) < 4.78 is 38.1. The molecule has 0 unspecified atom stereocenters. The lowest BCUT2D eigenvalue weighted by Crippen LogP contribution is -2.41. The van der Waals surface area contributed by atoms with Crippen molar-refractivity contribution in [3.63, 3.8) is 0 Å². The number of hydrogen-bond acceptors (Lipinski definition) is 6. The average Bonchev–Trinajstić information content (AvgIpc) is 2.55. The van der Waals surface area contributed by atoms with Crippen molar-refractivity contribution in [2.75, 3.05) is 13.2 Å². The predicted molar refractivity (Wildman–Crippen MR) is 73.0 cm³/mol. The first kappa shape index (κ1) is 11.5. The van der Waals surface area contributed by atoms with Gasteiger partial charge in [0.05, 0.1) is 38.9 Å². The monoisotopic (exact) mass is 280 g/mol. The third-order valence-corrected chi connectivity index (χ3v) is 3.91. The lowest BCUT2D eigenvalue weighted by atomic mass is 9.85. The van der Waals surface area contributed by atoms with E-state index in [1.54, 1.807) is 0 Å². The van der Waals surface area contributed by atoms with Crippen LogP contribution in [-0.2, 0) is 14.0 Å². The van der Waals surface area contributed by atoms with E-state index in [2.05, 4.69) is 9.97 Å². The van der Waals surface area contributed by atoms with E-state index in [0.29, 0.717) is 13.2 Å². The fraction of sp³-hybridized carbons (Fsp3) is 0.692. The summed E-state index contributed by atoms with van der Waals surface area (Å²) in [5.41, 5.74) is -0.840. The van der Waals surface area contributed by atoms with E-state index in [1.807, 2.05) is 27.7 Å². The summed E-state index contributed by atoms with van der Waals surface area (Å²) in [4.78, 5) is 8.11. The predicted octanol–water partition coefficient (Wildman–Crippen LogP) is 0.553. The highest BCUT2D eigenvalue weighted by molar-refractivity contribution is 6.61. The molecule has 0 bridgehead atoms. The minimum atomic E-state index is -0.800. The summed E-state index contributed by atoms with van der Waals surface area (Å²) in [7, 11) is -0.800. The minimum Gasteiger partial charge on any atom is -0.468 e. The molecule has 108 valence electrons. The van der Waals surface area contributed by atoms with Gasteiger partial charge in [-0.25, -0.2) is 4.98 Å². The van der Waals surface area contributed by atoms with Crippen LogP contribution >= 0.6 is 0 Å². The molecule has 0 aromatic carbocycles. The summed E-state index contributed by atoms with van der Waals surface area (Å²) in [6.45, 7) is 8.63. The lowest BCUT2D eigenvalue weighted by Gasteiger charge is -2.32. The van der Waals surface area contributed by atoms with Crippen LogP contribution in [-0.4, -0.2) is 47.6 Å². The highest BCUT2D eigenvalue weighted by Gasteiger charge is 2.52. The molecule has 0 saturated carbocycles. The van der Waals surface area contributed by atoms with Gasteiger partial charge in [0.2, 0.25) is 5.88 Å². The van der Waals surface area contributed by atoms with Gasteiger partial charge in [0.1, 0.15) is 6.10 Å². The zero-order valence-corrected chi connectivity index (χ0v) is 12.1. The maximum absolute atomic E-state index is 7.94. The van der Waals surface area contributed by atoms with Crippen LogP contribution in [0.2, 0.25) is 0 Å². The van der Waals surface area contributed by atoms with Gasteiger partial charge in [-0.2, -0.15) is 0 Å². The Morgan fingerprint density at radius 2 is 1.90 bits per heavy atom. The van der Waals surface area contributed by atoms with Crippen LogP contribution in [0, 0.1) is 0 Å². The SMILES string of the molecule is [2H]c1nc([2H])c(B2OC(C)(C)C(C)(C)O2)nc1OC1COC1. The average molecular weight is 280 g/mol. The quantitative estimate of drug-likeness (QED) is 0.754. The lowest BCUT2D eigenvalue weighted by molar-refractivity contribution is -0.0814.